The van der Waals surface area contributed by atoms with E-state index >= 15 is 0 Å². The largest absolute Gasteiger partial charge is 0.383 e. The van der Waals surface area contributed by atoms with Crippen LogP contribution >= 0.6 is 0 Å². The van der Waals surface area contributed by atoms with E-state index in [0.717, 1.165) is 16.5 Å². The number of fused-ring (bicyclic) bond motifs is 1. The van der Waals surface area contributed by atoms with Crippen molar-refractivity contribution in [3.8, 4) is 0 Å². The van der Waals surface area contributed by atoms with E-state index in [-0.39, 0.29) is 12.5 Å². The number of rotatable bonds is 7. The number of hydrogen-bond acceptors (Lipinski definition) is 4. The molecule has 1 heterocycles. The van der Waals surface area contributed by atoms with E-state index in [9.17, 15) is 9.59 Å². The van der Waals surface area contributed by atoms with Crippen LogP contribution in [0.1, 0.15) is 5.56 Å². The van der Waals surface area contributed by atoms with E-state index in [1.807, 2.05) is 30.5 Å². The average Bonchev–Trinajstić information content (AvgIpc) is 2.96. The summed E-state index contributed by atoms with van der Waals surface area (Å²) >= 11 is 0. The first-order valence-electron chi connectivity index (χ1n) is 7.38. The van der Waals surface area contributed by atoms with Gasteiger partial charge in [0, 0.05) is 37.7 Å². The molecule has 5 N–H and O–H groups in total. The Hall–Kier alpha value is -2.38. The molecule has 0 aliphatic carbocycles. The fourth-order valence-corrected chi connectivity index (χ4v) is 2.44. The predicted molar refractivity (Wildman–Crippen MR) is 87.9 cm³/mol. The second-order valence-corrected chi connectivity index (χ2v) is 5.30. The molecule has 0 radical (unpaired) electrons. The van der Waals surface area contributed by atoms with Crippen LogP contribution in [-0.2, 0) is 20.7 Å². The van der Waals surface area contributed by atoms with Crippen molar-refractivity contribution in [1.82, 2.24) is 15.6 Å². The highest BCUT2D eigenvalue weighted by molar-refractivity contribution is 5.91. The second kappa shape index (κ2) is 7.75. The molecule has 2 atom stereocenters. The van der Waals surface area contributed by atoms with Gasteiger partial charge in [0.25, 0.3) is 0 Å². The number of amides is 2. The number of H-pyrrole nitrogens is 1. The van der Waals surface area contributed by atoms with Crippen molar-refractivity contribution in [3.63, 3.8) is 0 Å². The molecule has 7 nitrogen and oxygen atoms in total. The Morgan fingerprint density at radius 1 is 1.30 bits per heavy atom. The summed E-state index contributed by atoms with van der Waals surface area (Å²) in [6.07, 6.45) is 2.22. The highest BCUT2D eigenvalue weighted by atomic mass is 16.5. The zero-order chi connectivity index (χ0) is 16.8. The number of para-hydroxylation sites is 1. The summed E-state index contributed by atoms with van der Waals surface area (Å²) in [5.74, 6) is -0.687. The first-order valence-corrected chi connectivity index (χ1v) is 7.38. The number of nitrogens with one attached hydrogen (secondary N) is 3. The molecule has 0 bridgehead atoms. The molecule has 0 fully saturated rings. The molecule has 2 amide bonds. The van der Waals surface area contributed by atoms with E-state index < -0.39 is 18.0 Å². The van der Waals surface area contributed by atoms with E-state index in [2.05, 4.69) is 15.6 Å². The Kier molecular flexibility index (Phi) is 5.72. The van der Waals surface area contributed by atoms with Gasteiger partial charge in [-0.15, -0.1) is 0 Å². The molecular weight excluding hydrogens is 296 g/mol. The van der Waals surface area contributed by atoms with Crippen molar-refractivity contribution >= 4 is 22.7 Å². The van der Waals surface area contributed by atoms with Gasteiger partial charge in [-0.1, -0.05) is 18.2 Å². The summed E-state index contributed by atoms with van der Waals surface area (Å²) in [6, 6.07) is 6.29. The second-order valence-electron chi connectivity index (χ2n) is 5.30. The number of methoxy groups -OCH3 is 1. The molecular formula is C16H22N4O3. The highest BCUT2D eigenvalue weighted by Crippen LogP contribution is 2.19. The molecule has 0 saturated carbocycles. The van der Waals surface area contributed by atoms with Gasteiger partial charge in [-0.05, 0) is 11.6 Å². The van der Waals surface area contributed by atoms with E-state index in [1.165, 1.54) is 14.2 Å². The molecule has 2 rings (SSSR count). The Bertz CT molecular complexity index is 683. The number of ether oxygens (including phenoxy) is 1. The maximum absolute atomic E-state index is 12.1. The standard InChI is InChI=1S/C16H22N4O3/c1-18-16(22)14(20-15(21)12(17)9-23-2)7-10-8-19-13-6-4-3-5-11(10)13/h3-6,8,12,14,19H,7,9,17H2,1-2H3,(H,18,22)(H,20,21)/t12?,14-/m0/s1. The monoisotopic (exact) mass is 318 g/mol. The number of carbonyl (C=O) groups excluding carboxylic acids is 2. The zero-order valence-corrected chi connectivity index (χ0v) is 13.3. The molecule has 1 aromatic heterocycles. The van der Waals surface area contributed by atoms with Gasteiger partial charge in [-0.2, -0.15) is 0 Å². The lowest BCUT2D eigenvalue weighted by Gasteiger charge is -2.19. The van der Waals surface area contributed by atoms with Gasteiger partial charge in [0.15, 0.2) is 0 Å². The number of hydrogen-bond donors (Lipinski definition) is 4. The molecule has 1 aromatic carbocycles. The first-order chi connectivity index (χ1) is 11.1. The lowest BCUT2D eigenvalue weighted by Crippen LogP contribution is -2.53. The Morgan fingerprint density at radius 3 is 2.74 bits per heavy atom. The number of aromatic amines is 1. The van der Waals surface area contributed by atoms with Crippen molar-refractivity contribution in [2.24, 2.45) is 5.73 Å². The van der Waals surface area contributed by atoms with Gasteiger partial charge in [-0.3, -0.25) is 9.59 Å². The first kappa shape index (κ1) is 17.0. The smallest absolute Gasteiger partial charge is 0.242 e. The Balaban J connectivity index is 2.16. The number of likely N-dealkylation sites (N-methyl/N-ethyl adjacent to an activating group) is 1. The van der Waals surface area contributed by atoms with Crippen LogP contribution in [-0.4, -0.2) is 49.6 Å². The summed E-state index contributed by atoms with van der Waals surface area (Å²) in [5.41, 5.74) is 7.65. The van der Waals surface area contributed by atoms with Crippen molar-refractivity contribution in [3.05, 3.63) is 36.0 Å². The van der Waals surface area contributed by atoms with E-state index in [4.69, 9.17) is 10.5 Å². The normalized spacial score (nSPS) is 13.5. The minimum Gasteiger partial charge on any atom is -0.383 e. The van der Waals surface area contributed by atoms with Gasteiger partial charge in [0.1, 0.15) is 12.1 Å². The van der Waals surface area contributed by atoms with Gasteiger partial charge in [0.2, 0.25) is 11.8 Å². The number of benzene rings is 1. The summed E-state index contributed by atoms with van der Waals surface area (Å²) in [5, 5.41) is 6.28. The maximum Gasteiger partial charge on any atom is 0.242 e. The van der Waals surface area contributed by atoms with Crippen LogP contribution in [0.5, 0.6) is 0 Å². The van der Waals surface area contributed by atoms with Gasteiger partial charge >= 0.3 is 0 Å². The minimum atomic E-state index is -0.810. The summed E-state index contributed by atoms with van der Waals surface area (Å²) in [7, 11) is 3.00. The van der Waals surface area contributed by atoms with Crippen LogP contribution in [0.15, 0.2) is 30.5 Å². The van der Waals surface area contributed by atoms with Gasteiger partial charge in [-0.25, -0.2) is 0 Å². The molecule has 23 heavy (non-hydrogen) atoms. The maximum atomic E-state index is 12.1. The van der Waals surface area contributed by atoms with E-state index in [1.54, 1.807) is 0 Å². The van der Waals surface area contributed by atoms with Crippen LogP contribution in [0.3, 0.4) is 0 Å². The lowest BCUT2D eigenvalue weighted by atomic mass is 10.0. The lowest BCUT2D eigenvalue weighted by molar-refractivity contribution is -0.130. The molecule has 124 valence electrons. The topological polar surface area (TPSA) is 109 Å². The van der Waals surface area contributed by atoms with Crippen molar-refractivity contribution in [1.29, 1.82) is 0 Å². The van der Waals surface area contributed by atoms with Crippen molar-refractivity contribution < 1.29 is 14.3 Å². The van der Waals surface area contributed by atoms with E-state index in [0.29, 0.717) is 6.42 Å². The molecule has 0 aliphatic rings. The SMILES string of the molecule is CNC(=O)[C@H](Cc1c[nH]c2ccccc12)NC(=O)C(N)COC. The van der Waals surface area contributed by atoms with Crippen LogP contribution in [0.2, 0.25) is 0 Å². The summed E-state index contributed by atoms with van der Waals surface area (Å²) in [4.78, 5) is 27.3. The Labute approximate surface area is 134 Å². The fraction of sp³-hybridized carbons (Fsp3) is 0.375. The third kappa shape index (κ3) is 4.08. The molecule has 0 spiro atoms. The fourth-order valence-electron chi connectivity index (χ4n) is 2.44. The molecule has 2 aromatic rings. The van der Waals surface area contributed by atoms with Crippen molar-refractivity contribution in [2.45, 2.75) is 18.5 Å². The van der Waals surface area contributed by atoms with Gasteiger partial charge in [0.05, 0.1) is 6.61 Å². The third-order valence-corrected chi connectivity index (χ3v) is 3.66. The van der Waals surface area contributed by atoms with Crippen LogP contribution in [0, 0.1) is 0 Å². The third-order valence-electron chi connectivity index (χ3n) is 3.66. The molecule has 1 unspecified atom stereocenters. The molecule has 0 aliphatic heterocycles. The zero-order valence-electron chi connectivity index (χ0n) is 13.3. The number of aromatic nitrogens is 1. The quantitative estimate of drug-likeness (QED) is 0.572. The predicted octanol–water partition coefficient (Wildman–Crippen LogP) is -0.0851. The van der Waals surface area contributed by atoms with Crippen LogP contribution < -0.4 is 16.4 Å². The highest BCUT2D eigenvalue weighted by Gasteiger charge is 2.24. The summed E-state index contributed by atoms with van der Waals surface area (Å²) < 4.78 is 4.87. The number of nitrogens with two attached hydrogens (primary N) is 1. The molecule has 7 heteroatoms. The summed E-state index contributed by atoms with van der Waals surface area (Å²) in [6.45, 7) is 0.0966. The van der Waals surface area contributed by atoms with Gasteiger partial charge < -0.3 is 26.1 Å². The average molecular weight is 318 g/mol. The minimum absolute atomic E-state index is 0.0966. The van der Waals surface area contributed by atoms with Crippen LogP contribution in [0.25, 0.3) is 10.9 Å². The Morgan fingerprint density at radius 2 is 2.04 bits per heavy atom. The van der Waals surface area contributed by atoms with Crippen LogP contribution in [0.4, 0.5) is 0 Å². The number of carbonyl (C=O) groups is 2. The molecule has 0 saturated heterocycles. The van der Waals surface area contributed by atoms with Crippen molar-refractivity contribution in [2.75, 3.05) is 20.8 Å².